The van der Waals surface area contributed by atoms with Crippen LogP contribution in [0.3, 0.4) is 0 Å². The number of hydrogen-bond donors (Lipinski definition) is 1. The molecule has 1 atom stereocenters. The molecular formula is C28H26FN3O4S. The Hall–Kier alpha value is -4.29. The number of hydrogen-bond acceptors (Lipinski definition) is 5. The summed E-state index contributed by atoms with van der Waals surface area (Å²) in [6.45, 7) is 3.47. The molecule has 0 aliphatic carbocycles. The van der Waals surface area contributed by atoms with Gasteiger partial charge in [0, 0.05) is 11.7 Å². The van der Waals surface area contributed by atoms with E-state index in [0.717, 1.165) is 5.41 Å². The summed E-state index contributed by atoms with van der Waals surface area (Å²) in [4.78, 5) is 28.3. The minimum atomic E-state index is -4.22. The lowest BCUT2D eigenvalue weighted by atomic mass is 9.95. The molecule has 7 nitrogen and oxygen atoms in total. The zero-order chi connectivity index (χ0) is 27.0. The summed E-state index contributed by atoms with van der Waals surface area (Å²) >= 11 is 0. The molecule has 0 spiro atoms. The van der Waals surface area contributed by atoms with Crippen molar-refractivity contribution in [2.24, 2.45) is 5.92 Å². The molecule has 190 valence electrons. The van der Waals surface area contributed by atoms with Crippen LogP contribution in [0.15, 0.2) is 84.3 Å². The molecule has 0 saturated carbocycles. The van der Waals surface area contributed by atoms with Crippen molar-refractivity contribution in [1.29, 1.82) is 5.26 Å². The molecule has 9 heteroatoms. The third kappa shape index (κ3) is 7.59. The zero-order valence-corrected chi connectivity index (χ0v) is 21.2. The minimum absolute atomic E-state index is 0.112. The Morgan fingerprint density at radius 1 is 1.00 bits per heavy atom. The van der Waals surface area contributed by atoms with Crippen LogP contribution in [0.1, 0.15) is 30.5 Å². The Morgan fingerprint density at radius 2 is 1.62 bits per heavy atom. The number of nitrogens with one attached hydrogen (secondary N) is 1. The summed E-state index contributed by atoms with van der Waals surface area (Å²) < 4.78 is 40.8. The molecule has 0 aliphatic rings. The van der Waals surface area contributed by atoms with Gasteiger partial charge in [0.1, 0.15) is 11.7 Å². The van der Waals surface area contributed by atoms with Crippen LogP contribution in [-0.2, 0) is 26.0 Å². The van der Waals surface area contributed by atoms with Crippen LogP contribution in [0.25, 0.3) is 6.08 Å². The van der Waals surface area contributed by atoms with Crippen molar-refractivity contribution in [2.75, 3.05) is 4.90 Å². The zero-order valence-electron chi connectivity index (χ0n) is 20.3. The average molecular weight is 520 g/mol. The predicted octanol–water partition coefficient (Wildman–Crippen LogP) is 4.41. The lowest BCUT2D eigenvalue weighted by Gasteiger charge is -2.30. The Morgan fingerprint density at radius 3 is 2.19 bits per heavy atom. The van der Waals surface area contributed by atoms with Gasteiger partial charge in [-0.15, -0.1) is 0 Å². The van der Waals surface area contributed by atoms with Crippen molar-refractivity contribution in [2.45, 2.75) is 26.3 Å². The summed E-state index contributed by atoms with van der Waals surface area (Å²) in [6, 6.07) is 21.8. The van der Waals surface area contributed by atoms with Gasteiger partial charge in [0.25, 0.3) is 10.0 Å². The van der Waals surface area contributed by atoms with E-state index in [1.165, 1.54) is 35.2 Å². The predicted molar refractivity (Wildman–Crippen MR) is 140 cm³/mol. The first-order valence-corrected chi connectivity index (χ1v) is 13.0. The van der Waals surface area contributed by atoms with Crippen molar-refractivity contribution in [3.8, 4) is 6.07 Å². The third-order valence-electron chi connectivity index (χ3n) is 5.48. The number of nitriles is 1. The Kier molecular flexibility index (Phi) is 8.93. The van der Waals surface area contributed by atoms with Gasteiger partial charge in [-0.05, 0) is 73.9 Å². The van der Waals surface area contributed by atoms with E-state index in [-0.39, 0.29) is 6.42 Å². The highest BCUT2D eigenvalue weighted by atomic mass is 32.2. The topological polar surface area (TPSA) is 107 Å². The Bertz CT molecular complexity index is 1410. The van der Waals surface area contributed by atoms with Crippen molar-refractivity contribution in [3.63, 3.8) is 0 Å². The summed E-state index contributed by atoms with van der Waals surface area (Å²) in [5, 5.41) is 9.92. The summed E-state index contributed by atoms with van der Waals surface area (Å²) in [6.07, 6.45) is 1.23. The van der Waals surface area contributed by atoms with Crippen molar-refractivity contribution in [1.82, 2.24) is 4.72 Å². The average Bonchev–Trinajstić information content (AvgIpc) is 2.87. The molecule has 0 aromatic heterocycles. The monoisotopic (exact) mass is 519 g/mol. The number of carbonyl (C=O) groups is 2. The standard InChI is InChI=1S/C28H26FN3O4S/c1-20(2)32(25-14-12-24(29)13-15-25)28(34)26(18-22-8-10-23(19-30)11-9-22)27(33)31-37(35,36)17-16-21-6-4-3-5-7-21/h3-17,20,26H,18H2,1-2H3,(H,31,33)/b17-16+. The van der Waals surface area contributed by atoms with E-state index in [1.807, 2.05) is 10.8 Å². The molecule has 3 aromatic carbocycles. The van der Waals surface area contributed by atoms with Crippen molar-refractivity contribution < 1.29 is 22.4 Å². The van der Waals surface area contributed by atoms with Gasteiger partial charge in [0.05, 0.1) is 17.0 Å². The first-order valence-electron chi connectivity index (χ1n) is 11.5. The number of benzene rings is 3. The molecule has 37 heavy (non-hydrogen) atoms. The highest BCUT2D eigenvalue weighted by molar-refractivity contribution is 7.93. The van der Waals surface area contributed by atoms with Crippen LogP contribution in [0.5, 0.6) is 0 Å². The van der Waals surface area contributed by atoms with Gasteiger partial charge < -0.3 is 4.90 Å². The first-order chi connectivity index (χ1) is 17.6. The number of halogens is 1. The molecule has 1 unspecified atom stereocenters. The van der Waals surface area contributed by atoms with Crippen LogP contribution < -0.4 is 9.62 Å². The lowest BCUT2D eigenvalue weighted by molar-refractivity contribution is -0.132. The SMILES string of the molecule is CC(C)N(C(=O)C(Cc1ccc(C#N)cc1)C(=O)NS(=O)(=O)/C=C/c1ccccc1)c1ccc(F)cc1. The fourth-order valence-electron chi connectivity index (χ4n) is 3.67. The van der Waals surface area contributed by atoms with Gasteiger partial charge in [-0.1, -0.05) is 42.5 Å². The number of amides is 2. The maximum Gasteiger partial charge on any atom is 0.257 e. The minimum Gasteiger partial charge on any atom is -0.309 e. The maximum absolute atomic E-state index is 13.7. The summed E-state index contributed by atoms with van der Waals surface area (Å²) in [5.74, 6) is -3.55. The van der Waals surface area contributed by atoms with Gasteiger partial charge in [-0.2, -0.15) is 5.26 Å². The molecule has 3 rings (SSSR count). The molecule has 0 fully saturated rings. The van der Waals surface area contributed by atoms with Crippen LogP contribution in [-0.4, -0.2) is 26.3 Å². The van der Waals surface area contributed by atoms with Crippen molar-refractivity contribution >= 4 is 33.6 Å². The first kappa shape index (κ1) is 27.3. The molecule has 0 aliphatic heterocycles. The number of anilines is 1. The second kappa shape index (κ2) is 12.1. The van der Waals surface area contributed by atoms with E-state index in [4.69, 9.17) is 5.26 Å². The van der Waals surface area contributed by atoms with E-state index in [1.54, 1.807) is 68.4 Å². The van der Waals surface area contributed by atoms with Gasteiger partial charge in [-0.25, -0.2) is 17.5 Å². The maximum atomic E-state index is 13.7. The summed E-state index contributed by atoms with van der Waals surface area (Å²) in [7, 11) is -4.22. The van der Waals surface area contributed by atoms with Gasteiger partial charge in [0.15, 0.2) is 0 Å². The van der Waals surface area contributed by atoms with Gasteiger partial charge in [-0.3, -0.25) is 9.59 Å². The molecule has 0 heterocycles. The fraction of sp³-hybridized carbons (Fsp3) is 0.179. The van der Waals surface area contributed by atoms with E-state index in [0.29, 0.717) is 22.4 Å². The number of nitrogens with zero attached hydrogens (tertiary/aromatic N) is 2. The van der Waals surface area contributed by atoms with Crippen LogP contribution in [0.4, 0.5) is 10.1 Å². The Labute approximate surface area is 215 Å². The van der Waals surface area contributed by atoms with Crippen LogP contribution in [0, 0.1) is 23.1 Å². The van der Waals surface area contributed by atoms with E-state index in [9.17, 15) is 22.4 Å². The Balaban J connectivity index is 1.93. The highest BCUT2D eigenvalue weighted by Gasteiger charge is 2.34. The molecule has 2 amide bonds. The number of rotatable bonds is 9. The van der Waals surface area contributed by atoms with Crippen molar-refractivity contribution in [3.05, 3.63) is 107 Å². The van der Waals surface area contributed by atoms with Gasteiger partial charge in [0.2, 0.25) is 11.8 Å². The number of carbonyl (C=O) groups excluding carboxylic acids is 2. The van der Waals surface area contributed by atoms with E-state index in [2.05, 4.69) is 0 Å². The molecule has 0 bridgehead atoms. The molecule has 3 aromatic rings. The molecular weight excluding hydrogens is 493 g/mol. The summed E-state index contributed by atoms with van der Waals surface area (Å²) in [5.41, 5.74) is 1.95. The molecule has 0 radical (unpaired) electrons. The highest BCUT2D eigenvalue weighted by Crippen LogP contribution is 2.23. The largest absolute Gasteiger partial charge is 0.309 e. The number of sulfonamides is 1. The van der Waals surface area contributed by atoms with Gasteiger partial charge >= 0.3 is 0 Å². The molecule has 1 N–H and O–H groups in total. The van der Waals surface area contributed by atoms with E-state index < -0.39 is 39.6 Å². The van der Waals surface area contributed by atoms with Crippen LogP contribution in [0.2, 0.25) is 0 Å². The second-order valence-corrected chi connectivity index (χ2v) is 10.1. The normalized spacial score (nSPS) is 12.2. The molecule has 0 saturated heterocycles. The lowest BCUT2D eigenvalue weighted by Crippen LogP contribution is -2.48. The van der Waals surface area contributed by atoms with E-state index >= 15 is 0 Å². The quantitative estimate of drug-likeness (QED) is 0.421. The van der Waals surface area contributed by atoms with Crippen LogP contribution >= 0.6 is 0 Å². The smallest absolute Gasteiger partial charge is 0.257 e. The second-order valence-electron chi connectivity index (χ2n) is 8.57. The fourth-order valence-corrected chi connectivity index (χ4v) is 4.50. The third-order valence-corrected chi connectivity index (χ3v) is 6.46.